The molecular formula is C59H36N4S. The van der Waals surface area contributed by atoms with E-state index in [0.29, 0.717) is 17.5 Å². The SMILES string of the molecule is c1ccc(-c2ccc(-c3nc(-c4ccc(-c5ccc6sc7ccccc7c6c5)cc4)nc(-c4ccc5c(ccc6ccccc65)c4)n3)cc2-n2c3ccccc3c3ccccc32)cc1. The van der Waals surface area contributed by atoms with Gasteiger partial charge in [0.25, 0.3) is 0 Å². The zero-order valence-corrected chi connectivity index (χ0v) is 35.3. The normalized spacial score (nSPS) is 11.8. The number of nitrogens with zero attached hydrogens (tertiary/aromatic N) is 4. The minimum Gasteiger partial charge on any atom is -0.309 e. The number of hydrogen-bond donors (Lipinski definition) is 0. The molecule has 298 valence electrons. The lowest BCUT2D eigenvalue weighted by molar-refractivity contribution is 1.07. The van der Waals surface area contributed by atoms with Crippen molar-refractivity contribution in [2.24, 2.45) is 0 Å². The molecule has 0 spiro atoms. The van der Waals surface area contributed by atoms with Gasteiger partial charge in [0.15, 0.2) is 17.5 Å². The first kappa shape index (κ1) is 36.4. The third-order valence-corrected chi connectivity index (χ3v) is 13.8. The second kappa shape index (κ2) is 14.7. The van der Waals surface area contributed by atoms with Crippen LogP contribution in [0.25, 0.3) is 126 Å². The Morgan fingerprint density at radius 2 is 0.828 bits per heavy atom. The highest BCUT2D eigenvalue weighted by Gasteiger charge is 2.19. The molecule has 0 aliphatic rings. The van der Waals surface area contributed by atoms with E-state index in [9.17, 15) is 0 Å². The van der Waals surface area contributed by atoms with Gasteiger partial charge in [0.1, 0.15) is 0 Å². The molecule has 0 aliphatic heterocycles. The first-order valence-corrected chi connectivity index (χ1v) is 22.4. The minimum absolute atomic E-state index is 0.610. The third-order valence-electron chi connectivity index (χ3n) is 12.7. The summed E-state index contributed by atoms with van der Waals surface area (Å²) < 4.78 is 5.00. The van der Waals surface area contributed by atoms with E-state index in [4.69, 9.17) is 15.0 Å². The zero-order chi connectivity index (χ0) is 42.1. The molecule has 64 heavy (non-hydrogen) atoms. The van der Waals surface area contributed by atoms with Gasteiger partial charge in [-0.2, -0.15) is 0 Å². The molecule has 0 unspecified atom stereocenters. The van der Waals surface area contributed by atoms with E-state index >= 15 is 0 Å². The number of benzene rings is 10. The quantitative estimate of drug-likeness (QED) is 0.157. The summed E-state index contributed by atoms with van der Waals surface area (Å²) in [5.74, 6) is 1.86. The summed E-state index contributed by atoms with van der Waals surface area (Å²) in [6.45, 7) is 0. The molecule has 3 heterocycles. The van der Waals surface area contributed by atoms with E-state index in [1.807, 2.05) is 11.3 Å². The minimum atomic E-state index is 0.610. The lowest BCUT2D eigenvalue weighted by Gasteiger charge is -2.16. The summed E-state index contributed by atoms with van der Waals surface area (Å²) in [5, 5.41) is 9.80. The van der Waals surface area contributed by atoms with Crippen LogP contribution in [0.1, 0.15) is 0 Å². The van der Waals surface area contributed by atoms with Crippen LogP contribution in [0.2, 0.25) is 0 Å². The molecular weight excluding hydrogens is 797 g/mol. The molecule has 0 atom stereocenters. The highest BCUT2D eigenvalue weighted by Crippen LogP contribution is 2.40. The van der Waals surface area contributed by atoms with Crippen LogP contribution in [-0.2, 0) is 0 Å². The first-order valence-electron chi connectivity index (χ1n) is 21.6. The first-order chi connectivity index (χ1) is 31.7. The van der Waals surface area contributed by atoms with Gasteiger partial charge in [-0.15, -0.1) is 11.3 Å². The standard InChI is InChI=1S/C59H36N4S/c1-2-12-38(13-3-1)47-32-29-44(36-54(47)63-52-19-9-6-16-48(52)49-17-7-10-20-53(49)63)59-61-57(60-58(62-59)43-28-31-46-42(34-43)27-24-39-14-4-5-15-45(39)46)40-25-22-37(23-26-40)41-30-33-56-51(35-41)50-18-8-11-21-55(50)64-56/h1-36H. The fraction of sp³-hybridized carbons (Fsp3) is 0. The van der Waals surface area contributed by atoms with Gasteiger partial charge in [-0.3, -0.25) is 0 Å². The van der Waals surface area contributed by atoms with Gasteiger partial charge in [0, 0.05) is 53.2 Å². The van der Waals surface area contributed by atoms with Crippen molar-refractivity contribution in [1.29, 1.82) is 0 Å². The third kappa shape index (κ3) is 6.01. The maximum atomic E-state index is 5.30. The number of rotatable bonds is 6. The van der Waals surface area contributed by atoms with E-state index in [1.165, 1.54) is 52.7 Å². The average Bonchev–Trinajstić information content (AvgIpc) is 3.91. The fourth-order valence-corrected chi connectivity index (χ4v) is 10.6. The summed E-state index contributed by atoms with van der Waals surface area (Å²) in [5.41, 5.74) is 10.7. The Labute approximate surface area is 373 Å². The molecule has 0 aliphatic carbocycles. The van der Waals surface area contributed by atoms with Gasteiger partial charge in [0.05, 0.1) is 16.7 Å². The fourth-order valence-electron chi connectivity index (χ4n) is 9.53. The van der Waals surface area contributed by atoms with Crippen LogP contribution >= 0.6 is 11.3 Å². The molecule has 0 saturated carbocycles. The topological polar surface area (TPSA) is 43.6 Å². The van der Waals surface area contributed by atoms with Crippen molar-refractivity contribution in [2.75, 3.05) is 0 Å². The van der Waals surface area contributed by atoms with Crippen molar-refractivity contribution in [3.8, 4) is 62.1 Å². The molecule has 0 fully saturated rings. The van der Waals surface area contributed by atoms with Gasteiger partial charge in [-0.05, 0) is 80.7 Å². The van der Waals surface area contributed by atoms with Crippen LogP contribution < -0.4 is 0 Å². The Kier molecular flexibility index (Phi) is 8.36. The number of aromatic nitrogens is 4. The Morgan fingerprint density at radius 3 is 1.59 bits per heavy atom. The van der Waals surface area contributed by atoms with Crippen LogP contribution in [0, 0.1) is 0 Å². The van der Waals surface area contributed by atoms with Crippen molar-refractivity contribution < 1.29 is 0 Å². The second-order valence-electron chi connectivity index (χ2n) is 16.4. The van der Waals surface area contributed by atoms with Gasteiger partial charge < -0.3 is 4.57 Å². The maximum Gasteiger partial charge on any atom is 0.164 e. The Balaban J connectivity index is 0.994. The molecule has 0 amide bonds. The summed E-state index contributed by atoms with van der Waals surface area (Å²) in [6.07, 6.45) is 0. The van der Waals surface area contributed by atoms with Crippen molar-refractivity contribution in [3.63, 3.8) is 0 Å². The predicted octanol–water partition coefficient (Wildman–Crippen LogP) is 16.0. The number of thiophene rings is 1. The Morgan fingerprint density at radius 1 is 0.297 bits per heavy atom. The zero-order valence-electron chi connectivity index (χ0n) is 34.5. The van der Waals surface area contributed by atoms with Crippen molar-refractivity contribution in [3.05, 3.63) is 218 Å². The summed E-state index contributed by atoms with van der Waals surface area (Å²) >= 11 is 1.84. The molecule has 13 aromatic rings. The molecule has 13 rings (SSSR count). The Hall–Kier alpha value is -8.25. The highest BCUT2D eigenvalue weighted by atomic mass is 32.1. The highest BCUT2D eigenvalue weighted by molar-refractivity contribution is 7.25. The second-order valence-corrected chi connectivity index (χ2v) is 17.5. The van der Waals surface area contributed by atoms with Crippen molar-refractivity contribution in [2.45, 2.75) is 0 Å². The molecule has 0 radical (unpaired) electrons. The van der Waals surface area contributed by atoms with E-state index in [1.54, 1.807) is 0 Å². The van der Waals surface area contributed by atoms with E-state index in [2.05, 4.69) is 223 Å². The van der Waals surface area contributed by atoms with Crippen LogP contribution in [0.5, 0.6) is 0 Å². The lowest BCUT2D eigenvalue weighted by Crippen LogP contribution is -2.02. The van der Waals surface area contributed by atoms with E-state index in [0.717, 1.165) is 55.5 Å². The number of hydrogen-bond acceptors (Lipinski definition) is 4. The lowest BCUT2D eigenvalue weighted by atomic mass is 9.99. The van der Waals surface area contributed by atoms with Crippen LogP contribution in [-0.4, -0.2) is 19.5 Å². The van der Waals surface area contributed by atoms with Crippen molar-refractivity contribution in [1.82, 2.24) is 19.5 Å². The van der Waals surface area contributed by atoms with Gasteiger partial charge >= 0.3 is 0 Å². The smallest absolute Gasteiger partial charge is 0.164 e. The average molecular weight is 833 g/mol. The molecule has 10 aromatic carbocycles. The molecule has 4 nitrogen and oxygen atoms in total. The molecule has 0 N–H and O–H groups in total. The van der Waals surface area contributed by atoms with Crippen LogP contribution in [0.4, 0.5) is 0 Å². The van der Waals surface area contributed by atoms with Crippen LogP contribution in [0.15, 0.2) is 218 Å². The molecule has 0 saturated heterocycles. The summed E-state index contributed by atoms with van der Waals surface area (Å²) in [7, 11) is 0. The van der Waals surface area contributed by atoms with Gasteiger partial charge in [-0.25, -0.2) is 15.0 Å². The number of fused-ring (bicyclic) bond motifs is 9. The van der Waals surface area contributed by atoms with E-state index < -0.39 is 0 Å². The van der Waals surface area contributed by atoms with Crippen molar-refractivity contribution >= 4 is 74.9 Å². The summed E-state index contributed by atoms with van der Waals surface area (Å²) in [6, 6.07) is 78.2. The van der Waals surface area contributed by atoms with Gasteiger partial charge in [0.2, 0.25) is 0 Å². The van der Waals surface area contributed by atoms with Gasteiger partial charge in [-0.1, -0.05) is 176 Å². The number of para-hydroxylation sites is 2. The van der Waals surface area contributed by atoms with Crippen LogP contribution in [0.3, 0.4) is 0 Å². The molecule has 0 bridgehead atoms. The largest absolute Gasteiger partial charge is 0.309 e. The molecule has 3 aromatic heterocycles. The monoisotopic (exact) mass is 832 g/mol. The predicted molar refractivity (Wildman–Crippen MR) is 269 cm³/mol. The molecule has 5 heteroatoms. The van der Waals surface area contributed by atoms with E-state index in [-0.39, 0.29) is 0 Å². The maximum absolute atomic E-state index is 5.30. The summed E-state index contributed by atoms with van der Waals surface area (Å²) in [4.78, 5) is 15.8. The Bertz CT molecular complexity index is 3900.